The molecule has 0 aliphatic carbocycles. The molecule has 0 aliphatic heterocycles. The standard InChI is InChI=1S/C24H48NO7P/c1-6-8-9-10-11-12-13-14-15-16-17-19-29-21-23(32-24(26)7-2)22-31-33(27,28)30-20-18-25(3,4)5/h9-10,23H,6-8,11-22H2,1-5H3/p+1/b10-9-. The second kappa shape index (κ2) is 19.5. The van der Waals surface area contributed by atoms with Crippen molar-refractivity contribution in [2.75, 3.05) is 54.1 Å². The monoisotopic (exact) mass is 494 g/mol. The fourth-order valence-electron chi connectivity index (χ4n) is 2.82. The molecule has 2 unspecified atom stereocenters. The lowest BCUT2D eigenvalue weighted by Gasteiger charge is -2.24. The first-order chi connectivity index (χ1) is 15.6. The van der Waals surface area contributed by atoms with Crippen molar-refractivity contribution in [3.8, 4) is 0 Å². The second-order valence-corrected chi connectivity index (χ2v) is 10.8. The molecule has 0 spiro atoms. The number of quaternary nitrogens is 1. The van der Waals surface area contributed by atoms with Crippen LogP contribution in [0.25, 0.3) is 0 Å². The van der Waals surface area contributed by atoms with Crippen molar-refractivity contribution < 1.29 is 37.3 Å². The normalized spacial score (nSPS) is 15.0. The van der Waals surface area contributed by atoms with Crippen molar-refractivity contribution in [1.29, 1.82) is 0 Å². The fraction of sp³-hybridized carbons (Fsp3) is 0.875. The minimum atomic E-state index is -4.22. The zero-order chi connectivity index (χ0) is 25.0. The van der Waals surface area contributed by atoms with Gasteiger partial charge in [0.1, 0.15) is 19.3 Å². The van der Waals surface area contributed by atoms with Gasteiger partial charge in [-0.1, -0.05) is 58.1 Å². The molecule has 0 fully saturated rings. The maximum atomic E-state index is 12.1. The summed E-state index contributed by atoms with van der Waals surface area (Å²) in [6.45, 7) is 4.94. The third-order valence-electron chi connectivity index (χ3n) is 4.86. The summed E-state index contributed by atoms with van der Waals surface area (Å²) in [4.78, 5) is 21.5. The summed E-state index contributed by atoms with van der Waals surface area (Å²) >= 11 is 0. The molecule has 9 heteroatoms. The van der Waals surface area contributed by atoms with Crippen molar-refractivity contribution in [3.63, 3.8) is 0 Å². The van der Waals surface area contributed by atoms with Crippen LogP contribution in [0.1, 0.15) is 78.1 Å². The lowest BCUT2D eigenvalue weighted by molar-refractivity contribution is -0.870. The topological polar surface area (TPSA) is 91.3 Å². The van der Waals surface area contributed by atoms with Crippen LogP contribution in [-0.4, -0.2) is 75.6 Å². The molecule has 0 aromatic heterocycles. The van der Waals surface area contributed by atoms with E-state index < -0.39 is 19.9 Å². The van der Waals surface area contributed by atoms with Crippen LogP contribution >= 0.6 is 7.82 Å². The van der Waals surface area contributed by atoms with Gasteiger partial charge < -0.3 is 18.9 Å². The number of phosphoric ester groups is 1. The van der Waals surface area contributed by atoms with Gasteiger partial charge in [0.05, 0.1) is 34.4 Å². The molecule has 0 saturated carbocycles. The quantitative estimate of drug-likeness (QED) is 0.0722. The molecule has 2 atom stereocenters. The molecular formula is C24H49NO7P+. The van der Waals surface area contributed by atoms with Crippen LogP contribution in [0.4, 0.5) is 0 Å². The Hall–Kier alpha value is -0.760. The molecule has 8 nitrogen and oxygen atoms in total. The smallest absolute Gasteiger partial charge is 0.457 e. The average molecular weight is 495 g/mol. The van der Waals surface area contributed by atoms with E-state index in [1.807, 2.05) is 21.1 Å². The first-order valence-electron chi connectivity index (χ1n) is 12.4. The Morgan fingerprint density at radius 3 is 2.18 bits per heavy atom. The minimum absolute atomic E-state index is 0.0861. The molecule has 33 heavy (non-hydrogen) atoms. The molecule has 0 rings (SSSR count). The second-order valence-electron chi connectivity index (χ2n) is 9.32. The average Bonchev–Trinajstić information content (AvgIpc) is 2.73. The molecule has 0 aromatic carbocycles. The van der Waals surface area contributed by atoms with Crippen LogP contribution in [-0.2, 0) is 27.9 Å². The van der Waals surface area contributed by atoms with Crippen LogP contribution in [0.15, 0.2) is 12.2 Å². The van der Waals surface area contributed by atoms with Gasteiger partial charge in [0.25, 0.3) is 0 Å². The number of rotatable bonds is 22. The Morgan fingerprint density at radius 2 is 1.55 bits per heavy atom. The minimum Gasteiger partial charge on any atom is -0.457 e. The van der Waals surface area contributed by atoms with Crippen LogP contribution < -0.4 is 0 Å². The molecule has 0 saturated heterocycles. The number of allylic oxidation sites excluding steroid dienone is 2. The summed E-state index contributed by atoms with van der Waals surface area (Å²) in [5, 5.41) is 0. The molecule has 0 heterocycles. The van der Waals surface area contributed by atoms with E-state index in [4.69, 9.17) is 18.5 Å². The maximum Gasteiger partial charge on any atom is 0.472 e. The third kappa shape index (κ3) is 22.8. The number of carbonyl (C=O) groups is 1. The highest BCUT2D eigenvalue weighted by Gasteiger charge is 2.26. The number of esters is 1. The van der Waals surface area contributed by atoms with Crippen molar-refractivity contribution in [2.45, 2.75) is 84.2 Å². The molecule has 196 valence electrons. The zero-order valence-corrected chi connectivity index (χ0v) is 22.5. The molecule has 0 bridgehead atoms. The first kappa shape index (κ1) is 32.2. The first-order valence-corrected chi connectivity index (χ1v) is 13.9. The summed E-state index contributed by atoms with van der Waals surface area (Å²) < 4.78 is 33.6. The van der Waals surface area contributed by atoms with Crippen LogP contribution in [0.5, 0.6) is 0 Å². The van der Waals surface area contributed by atoms with Crippen LogP contribution in [0.3, 0.4) is 0 Å². The van der Waals surface area contributed by atoms with Gasteiger partial charge >= 0.3 is 13.8 Å². The highest BCUT2D eigenvalue weighted by molar-refractivity contribution is 7.47. The van der Waals surface area contributed by atoms with E-state index in [0.29, 0.717) is 17.6 Å². The van der Waals surface area contributed by atoms with E-state index in [-0.39, 0.29) is 26.2 Å². The Kier molecular flexibility index (Phi) is 19.1. The number of ether oxygens (including phenoxy) is 2. The largest absolute Gasteiger partial charge is 0.472 e. The van der Waals surface area contributed by atoms with Gasteiger partial charge in [0.2, 0.25) is 0 Å². The van der Waals surface area contributed by atoms with E-state index >= 15 is 0 Å². The highest BCUT2D eigenvalue weighted by Crippen LogP contribution is 2.43. The Balaban J connectivity index is 4.04. The summed E-state index contributed by atoms with van der Waals surface area (Å²) in [6, 6.07) is 0. The van der Waals surface area contributed by atoms with Gasteiger partial charge in [0.15, 0.2) is 0 Å². The number of unbranched alkanes of at least 4 members (excludes halogenated alkanes) is 7. The third-order valence-corrected chi connectivity index (χ3v) is 5.85. The van der Waals surface area contributed by atoms with Gasteiger partial charge in [-0.05, 0) is 25.7 Å². The van der Waals surface area contributed by atoms with E-state index in [9.17, 15) is 14.3 Å². The van der Waals surface area contributed by atoms with E-state index in [2.05, 4.69) is 19.1 Å². The Labute approximate surface area is 201 Å². The van der Waals surface area contributed by atoms with Gasteiger partial charge in [-0.15, -0.1) is 0 Å². The number of hydrogen-bond acceptors (Lipinski definition) is 6. The Bertz CT molecular complexity index is 564. The van der Waals surface area contributed by atoms with Crippen LogP contribution in [0.2, 0.25) is 0 Å². The van der Waals surface area contributed by atoms with Crippen LogP contribution in [0, 0.1) is 0 Å². The van der Waals surface area contributed by atoms with Crippen molar-refractivity contribution in [3.05, 3.63) is 12.2 Å². The van der Waals surface area contributed by atoms with E-state index in [1.165, 1.54) is 44.9 Å². The maximum absolute atomic E-state index is 12.1. The lowest BCUT2D eigenvalue weighted by Crippen LogP contribution is -2.37. The van der Waals surface area contributed by atoms with Gasteiger partial charge in [0, 0.05) is 13.0 Å². The molecule has 0 radical (unpaired) electrons. The molecule has 0 aromatic rings. The molecule has 0 amide bonds. The molecular weight excluding hydrogens is 445 g/mol. The van der Waals surface area contributed by atoms with Gasteiger partial charge in [-0.25, -0.2) is 4.57 Å². The zero-order valence-electron chi connectivity index (χ0n) is 21.6. The highest BCUT2D eigenvalue weighted by atomic mass is 31.2. The number of phosphoric acid groups is 1. The van der Waals surface area contributed by atoms with Crippen molar-refractivity contribution >= 4 is 13.8 Å². The lowest BCUT2D eigenvalue weighted by atomic mass is 10.1. The van der Waals surface area contributed by atoms with E-state index in [0.717, 1.165) is 12.8 Å². The number of nitrogens with zero attached hydrogens (tertiary/aromatic N) is 1. The summed E-state index contributed by atoms with van der Waals surface area (Å²) in [5.74, 6) is -0.407. The summed E-state index contributed by atoms with van der Waals surface area (Å²) in [7, 11) is 1.65. The van der Waals surface area contributed by atoms with Crippen molar-refractivity contribution in [2.24, 2.45) is 0 Å². The summed E-state index contributed by atoms with van der Waals surface area (Å²) in [6.07, 6.45) is 14.5. The number of hydrogen-bond donors (Lipinski definition) is 1. The number of likely N-dealkylation sites (N-methyl/N-ethyl adjacent to an activating group) is 1. The predicted molar refractivity (Wildman–Crippen MR) is 132 cm³/mol. The fourth-order valence-corrected chi connectivity index (χ4v) is 3.56. The molecule has 1 N–H and O–H groups in total. The van der Waals surface area contributed by atoms with Crippen molar-refractivity contribution in [1.82, 2.24) is 0 Å². The summed E-state index contributed by atoms with van der Waals surface area (Å²) in [5.41, 5.74) is 0. The van der Waals surface area contributed by atoms with E-state index in [1.54, 1.807) is 6.92 Å². The SMILES string of the molecule is CCC/C=C\CCCCCCCCOCC(COP(=O)(O)OCC[N+](C)(C)C)OC(=O)CC. The predicted octanol–water partition coefficient (Wildman–Crippen LogP) is 5.25. The van der Waals surface area contributed by atoms with Gasteiger partial charge in [-0.3, -0.25) is 13.8 Å². The van der Waals surface area contributed by atoms with Gasteiger partial charge in [-0.2, -0.15) is 0 Å². The number of carbonyl (C=O) groups excluding carboxylic acids is 1. The Morgan fingerprint density at radius 1 is 0.909 bits per heavy atom. The molecule has 0 aliphatic rings.